The first-order chi connectivity index (χ1) is 11.5. The molecule has 7 heteroatoms. The molecule has 3 rings (SSSR count). The van der Waals surface area contributed by atoms with E-state index >= 15 is 0 Å². The summed E-state index contributed by atoms with van der Waals surface area (Å²) in [4.78, 5) is 30.8. The molecule has 0 bridgehead atoms. The minimum Gasteiger partial charge on any atom is -0.327 e. The van der Waals surface area contributed by atoms with Gasteiger partial charge < -0.3 is 10.2 Å². The van der Waals surface area contributed by atoms with Crippen LogP contribution in [0.5, 0.6) is 0 Å². The van der Waals surface area contributed by atoms with E-state index in [1.165, 1.54) is 0 Å². The largest absolute Gasteiger partial charge is 0.327 e. The van der Waals surface area contributed by atoms with E-state index in [1.54, 1.807) is 47.6 Å². The van der Waals surface area contributed by atoms with Gasteiger partial charge in [0.25, 0.3) is 5.91 Å². The fraction of sp³-hybridized carbons (Fsp3) is 0.235. The number of carbonyl (C=O) groups excluding carboxylic acids is 2. The first-order valence-electron chi connectivity index (χ1n) is 7.52. The molecule has 2 amide bonds. The van der Waals surface area contributed by atoms with E-state index in [0.29, 0.717) is 34.3 Å². The smallest absolute Gasteiger partial charge is 0.254 e. The molecule has 0 aliphatic carbocycles. The van der Waals surface area contributed by atoms with Crippen molar-refractivity contribution in [1.82, 2.24) is 9.88 Å². The molecule has 1 atom stereocenters. The second kappa shape index (κ2) is 7.20. The van der Waals surface area contributed by atoms with Gasteiger partial charge in [-0.1, -0.05) is 23.2 Å². The summed E-state index contributed by atoms with van der Waals surface area (Å²) in [5.41, 5.74) is 0.987. The molecule has 0 saturated carbocycles. The molecule has 1 N–H and O–H groups in total. The van der Waals surface area contributed by atoms with Crippen LogP contribution in [0.25, 0.3) is 0 Å². The SMILES string of the molecule is O=C(Nc1cccnc1)[C@H]1CCCN1C(=O)c1cc(Cl)cc(Cl)c1. The van der Waals surface area contributed by atoms with E-state index in [0.717, 1.165) is 6.42 Å². The summed E-state index contributed by atoms with van der Waals surface area (Å²) in [5.74, 6) is -0.467. The van der Waals surface area contributed by atoms with Gasteiger partial charge >= 0.3 is 0 Å². The molecule has 1 fully saturated rings. The predicted octanol–water partition coefficient (Wildman–Crippen LogP) is 3.63. The summed E-state index contributed by atoms with van der Waals surface area (Å²) in [7, 11) is 0. The number of likely N-dealkylation sites (tertiary alicyclic amines) is 1. The molecule has 124 valence electrons. The maximum atomic E-state index is 12.7. The van der Waals surface area contributed by atoms with E-state index in [2.05, 4.69) is 10.3 Å². The first kappa shape index (κ1) is 16.7. The number of rotatable bonds is 3. The molecule has 2 heterocycles. The van der Waals surface area contributed by atoms with Crippen LogP contribution >= 0.6 is 23.2 Å². The van der Waals surface area contributed by atoms with Crippen molar-refractivity contribution in [2.24, 2.45) is 0 Å². The van der Waals surface area contributed by atoms with Crippen LogP contribution in [0.15, 0.2) is 42.7 Å². The highest BCUT2D eigenvalue weighted by Crippen LogP contribution is 2.25. The number of hydrogen-bond donors (Lipinski definition) is 1. The Morgan fingerprint density at radius 1 is 1.21 bits per heavy atom. The molecule has 5 nitrogen and oxygen atoms in total. The molecule has 0 unspecified atom stereocenters. The molecule has 1 aromatic carbocycles. The lowest BCUT2D eigenvalue weighted by Gasteiger charge is -2.24. The van der Waals surface area contributed by atoms with Gasteiger partial charge in [-0.05, 0) is 43.2 Å². The Balaban J connectivity index is 1.77. The number of anilines is 1. The van der Waals surface area contributed by atoms with Crippen LogP contribution < -0.4 is 5.32 Å². The summed E-state index contributed by atoms with van der Waals surface area (Å²) in [6, 6.07) is 7.66. The van der Waals surface area contributed by atoms with Crippen LogP contribution in [0.3, 0.4) is 0 Å². The van der Waals surface area contributed by atoms with Gasteiger partial charge in [-0.25, -0.2) is 0 Å². The fourth-order valence-electron chi connectivity index (χ4n) is 2.79. The quantitative estimate of drug-likeness (QED) is 0.905. The molecule has 1 saturated heterocycles. The average molecular weight is 364 g/mol. The Morgan fingerprint density at radius 2 is 1.96 bits per heavy atom. The molecule has 1 aromatic heterocycles. The van der Waals surface area contributed by atoms with Crippen LogP contribution in [0.1, 0.15) is 23.2 Å². The minimum atomic E-state index is -0.518. The number of nitrogens with zero attached hydrogens (tertiary/aromatic N) is 2. The molecule has 24 heavy (non-hydrogen) atoms. The summed E-state index contributed by atoms with van der Waals surface area (Å²) in [6.45, 7) is 0.522. The van der Waals surface area contributed by atoms with Gasteiger partial charge in [0.1, 0.15) is 6.04 Å². The molecular weight excluding hydrogens is 349 g/mol. The highest BCUT2D eigenvalue weighted by Gasteiger charge is 2.34. The van der Waals surface area contributed by atoms with Crippen molar-refractivity contribution in [2.75, 3.05) is 11.9 Å². The third kappa shape index (κ3) is 3.68. The maximum Gasteiger partial charge on any atom is 0.254 e. The number of aromatic nitrogens is 1. The molecule has 1 aliphatic rings. The number of halogens is 2. The zero-order chi connectivity index (χ0) is 17.1. The third-order valence-corrected chi connectivity index (χ3v) is 4.29. The molecular formula is C17H15Cl2N3O2. The Bertz CT molecular complexity index is 747. The zero-order valence-electron chi connectivity index (χ0n) is 12.7. The standard InChI is InChI=1S/C17H15Cl2N3O2/c18-12-7-11(8-13(19)9-12)17(24)22-6-2-4-15(22)16(23)21-14-3-1-5-20-10-14/h1,3,5,7-10,15H,2,4,6H2,(H,21,23)/t15-/m1/s1. The Hall–Kier alpha value is -2.11. The van der Waals surface area contributed by atoms with Crippen LogP contribution in [-0.4, -0.2) is 34.3 Å². The van der Waals surface area contributed by atoms with Crippen LogP contribution in [0, 0.1) is 0 Å². The highest BCUT2D eigenvalue weighted by atomic mass is 35.5. The lowest BCUT2D eigenvalue weighted by atomic mass is 10.1. The van der Waals surface area contributed by atoms with Crippen molar-refractivity contribution in [3.63, 3.8) is 0 Å². The Morgan fingerprint density at radius 3 is 2.62 bits per heavy atom. The van der Waals surface area contributed by atoms with Crippen LogP contribution in [0.4, 0.5) is 5.69 Å². The topological polar surface area (TPSA) is 62.3 Å². The number of hydrogen-bond acceptors (Lipinski definition) is 3. The van der Waals surface area contributed by atoms with Crippen molar-refractivity contribution in [1.29, 1.82) is 0 Å². The van der Waals surface area contributed by atoms with Crippen LogP contribution in [-0.2, 0) is 4.79 Å². The molecule has 2 aromatic rings. The van der Waals surface area contributed by atoms with Gasteiger partial charge in [-0.15, -0.1) is 0 Å². The van der Waals surface area contributed by atoms with E-state index in [9.17, 15) is 9.59 Å². The van der Waals surface area contributed by atoms with Crippen molar-refractivity contribution in [3.05, 3.63) is 58.3 Å². The van der Waals surface area contributed by atoms with E-state index in [4.69, 9.17) is 23.2 Å². The van der Waals surface area contributed by atoms with Gasteiger partial charge in [-0.2, -0.15) is 0 Å². The van der Waals surface area contributed by atoms with Crippen molar-refractivity contribution in [2.45, 2.75) is 18.9 Å². The maximum absolute atomic E-state index is 12.7. The summed E-state index contributed by atoms with van der Waals surface area (Å²) in [5, 5.41) is 3.58. The van der Waals surface area contributed by atoms with Gasteiger partial charge in [0.05, 0.1) is 11.9 Å². The number of carbonyl (C=O) groups is 2. The lowest BCUT2D eigenvalue weighted by molar-refractivity contribution is -0.119. The van der Waals surface area contributed by atoms with Gasteiger partial charge in [-0.3, -0.25) is 14.6 Å². The number of benzene rings is 1. The zero-order valence-corrected chi connectivity index (χ0v) is 14.2. The molecule has 1 aliphatic heterocycles. The summed E-state index contributed by atoms with van der Waals surface area (Å²) >= 11 is 11.9. The summed E-state index contributed by atoms with van der Waals surface area (Å²) in [6.07, 6.45) is 4.58. The van der Waals surface area contributed by atoms with Crippen molar-refractivity contribution >= 4 is 40.7 Å². The Kier molecular flexibility index (Phi) is 5.02. The second-order valence-electron chi connectivity index (χ2n) is 5.55. The first-order valence-corrected chi connectivity index (χ1v) is 8.28. The predicted molar refractivity (Wildman–Crippen MR) is 93.4 cm³/mol. The number of pyridine rings is 1. The minimum absolute atomic E-state index is 0.220. The fourth-order valence-corrected chi connectivity index (χ4v) is 3.31. The molecule has 0 radical (unpaired) electrons. The molecule has 0 spiro atoms. The van der Waals surface area contributed by atoms with Crippen LogP contribution in [0.2, 0.25) is 10.0 Å². The van der Waals surface area contributed by atoms with Gasteiger partial charge in [0.15, 0.2) is 0 Å². The van der Waals surface area contributed by atoms with Crippen molar-refractivity contribution < 1.29 is 9.59 Å². The third-order valence-electron chi connectivity index (χ3n) is 3.85. The monoisotopic (exact) mass is 363 g/mol. The summed E-state index contributed by atoms with van der Waals surface area (Å²) < 4.78 is 0. The van der Waals surface area contributed by atoms with Gasteiger partial charge in [0.2, 0.25) is 5.91 Å². The van der Waals surface area contributed by atoms with Crippen molar-refractivity contribution in [3.8, 4) is 0 Å². The highest BCUT2D eigenvalue weighted by molar-refractivity contribution is 6.35. The lowest BCUT2D eigenvalue weighted by Crippen LogP contribution is -2.43. The number of amides is 2. The van der Waals surface area contributed by atoms with Gasteiger partial charge in [0, 0.05) is 28.4 Å². The Labute approximate surface area is 149 Å². The average Bonchev–Trinajstić information content (AvgIpc) is 3.04. The second-order valence-corrected chi connectivity index (χ2v) is 6.42. The van der Waals surface area contributed by atoms with E-state index in [-0.39, 0.29) is 11.8 Å². The number of nitrogens with one attached hydrogen (secondary N) is 1. The van der Waals surface area contributed by atoms with E-state index < -0.39 is 6.04 Å². The normalized spacial score (nSPS) is 16.9. The van der Waals surface area contributed by atoms with E-state index in [1.807, 2.05) is 0 Å².